The molecule has 4 rings (SSSR count). The molecule has 1 spiro atoms. The smallest absolute Gasteiger partial charge is 0.260 e. The van der Waals surface area contributed by atoms with Crippen molar-refractivity contribution in [2.24, 2.45) is 0 Å². The Kier molecular flexibility index (Phi) is 5.23. The summed E-state index contributed by atoms with van der Waals surface area (Å²) in [6.07, 6.45) is 4.74. The largest absolute Gasteiger partial charge is 0.362 e. The zero-order valence-corrected chi connectivity index (χ0v) is 15.9. The third-order valence-electron chi connectivity index (χ3n) is 5.56. The van der Waals surface area contributed by atoms with Crippen LogP contribution in [0, 0.1) is 6.92 Å². The summed E-state index contributed by atoms with van der Waals surface area (Å²) in [5.74, 6) is 0.109. The van der Waals surface area contributed by atoms with Gasteiger partial charge in [0.25, 0.3) is 5.91 Å². The van der Waals surface area contributed by atoms with Crippen LogP contribution in [0.3, 0.4) is 0 Å². The van der Waals surface area contributed by atoms with Crippen molar-refractivity contribution in [2.75, 3.05) is 31.1 Å². The number of benzene rings is 1. The van der Waals surface area contributed by atoms with Gasteiger partial charge in [0, 0.05) is 43.8 Å². The number of carbonyl (C=O) groups excluding carboxylic acids is 1. The number of nitrogens with zero attached hydrogens (tertiary/aromatic N) is 3. The van der Waals surface area contributed by atoms with E-state index in [4.69, 9.17) is 4.74 Å². The molecule has 3 heterocycles. The van der Waals surface area contributed by atoms with E-state index in [1.807, 2.05) is 54.4 Å². The number of aromatic nitrogens is 1. The molecule has 0 N–H and O–H groups in total. The van der Waals surface area contributed by atoms with Crippen LogP contribution in [-0.4, -0.2) is 47.6 Å². The van der Waals surface area contributed by atoms with E-state index in [9.17, 15) is 4.79 Å². The zero-order valence-electron chi connectivity index (χ0n) is 15.9. The van der Waals surface area contributed by atoms with Crippen LogP contribution >= 0.6 is 0 Å². The zero-order chi connectivity index (χ0) is 18.7. The van der Waals surface area contributed by atoms with E-state index in [-0.39, 0.29) is 5.91 Å². The fraction of sp³-hybridized carbons (Fsp3) is 0.455. The predicted octanol–water partition coefficient (Wildman–Crippen LogP) is 3.18. The molecule has 27 heavy (non-hydrogen) atoms. The highest BCUT2D eigenvalue weighted by atomic mass is 16.5. The van der Waals surface area contributed by atoms with E-state index in [0.717, 1.165) is 50.3 Å². The first-order chi connectivity index (χ1) is 13.2. The third kappa shape index (κ3) is 3.89. The Morgan fingerprint density at radius 1 is 1.11 bits per heavy atom. The highest BCUT2D eigenvalue weighted by Crippen LogP contribution is 2.32. The molecule has 0 bridgehead atoms. The quantitative estimate of drug-likeness (QED) is 0.838. The third-order valence-corrected chi connectivity index (χ3v) is 5.56. The Morgan fingerprint density at radius 2 is 1.96 bits per heavy atom. The lowest BCUT2D eigenvalue weighted by atomic mass is 9.93. The molecule has 5 nitrogen and oxygen atoms in total. The molecule has 2 aromatic rings. The van der Waals surface area contributed by atoms with E-state index < -0.39 is 5.60 Å². The van der Waals surface area contributed by atoms with Crippen LogP contribution in [0.2, 0.25) is 0 Å². The van der Waals surface area contributed by atoms with Gasteiger partial charge in [-0.25, -0.2) is 0 Å². The van der Waals surface area contributed by atoms with Crippen molar-refractivity contribution in [3.8, 4) is 0 Å². The topological polar surface area (TPSA) is 45.7 Å². The molecule has 5 heteroatoms. The first-order valence-corrected chi connectivity index (χ1v) is 9.81. The second kappa shape index (κ2) is 7.79. The molecule has 142 valence electrons. The van der Waals surface area contributed by atoms with Crippen LogP contribution < -0.4 is 4.90 Å². The average molecular weight is 365 g/mol. The molecule has 2 fully saturated rings. The number of anilines is 1. The first-order valence-electron chi connectivity index (χ1n) is 9.81. The van der Waals surface area contributed by atoms with Crippen molar-refractivity contribution < 1.29 is 9.53 Å². The molecule has 2 aliphatic heterocycles. The molecule has 1 amide bonds. The molecule has 0 saturated carbocycles. The van der Waals surface area contributed by atoms with Crippen molar-refractivity contribution >= 4 is 11.6 Å². The van der Waals surface area contributed by atoms with Crippen LogP contribution in [0.5, 0.6) is 0 Å². The van der Waals surface area contributed by atoms with Gasteiger partial charge in [0.15, 0.2) is 5.60 Å². The number of morpholine rings is 1. The van der Waals surface area contributed by atoms with Gasteiger partial charge < -0.3 is 9.64 Å². The number of hydrogen-bond acceptors (Lipinski definition) is 4. The number of carbonyl (C=O) groups is 1. The minimum Gasteiger partial charge on any atom is -0.362 e. The van der Waals surface area contributed by atoms with E-state index in [1.165, 1.54) is 5.56 Å². The summed E-state index contributed by atoms with van der Waals surface area (Å²) < 4.78 is 6.19. The van der Waals surface area contributed by atoms with Crippen molar-refractivity contribution in [3.63, 3.8) is 0 Å². The lowest BCUT2D eigenvalue weighted by Gasteiger charge is -2.42. The summed E-state index contributed by atoms with van der Waals surface area (Å²) in [5.41, 5.74) is 2.43. The lowest BCUT2D eigenvalue weighted by Crippen LogP contribution is -2.59. The maximum Gasteiger partial charge on any atom is 0.260 e. The Bertz CT molecular complexity index is 778. The molecular weight excluding hydrogens is 338 g/mol. The minimum absolute atomic E-state index is 0.109. The maximum atomic E-state index is 13.5. The van der Waals surface area contributed by atoms with Gasteiger partial charge in [0.2, 0.25) is 0 Å². The van der Waals surface area contributed by atoms with E-state index in [1.54, 1.807) is 0 Å². The highest BCUT2D eigenvalue weighted by molar-refractivity contribution is 6.00. The maximum absolute atomic E-state index is 13.5. The van der Waals surface area contributed by atoms with E-state index in [2.05, 4.69) is 16.0 Å². The molecule has 0 aliphatic carbocycles. The van der Waals surface area contributed by atoms with Gasteiger partial charge >= 0.3 is 0 Å². The summed E-state index contributed by atoms with van der Waals surface area (Å²) in [6, 6.07) is 14.1. The van der Waals surface area contributed by atoms with Crippen LogP contribution in [-0.2, 0) is 16.1 Å². The fourth-order valence-electron chi connectivity index (χ4n) is 4.11. The molecule has 1 unspecified atom stereocenters. The average Bonchev–Trinajstić information content (AvgIpc) is 2.84. The van der Waals surface area contributed by atoms with Gasteiger partial charge in [0.1, 0.15) is 0 Å². The van der Waals surface area contributed by atoms with Crippen LogP contribution in [0.25, 0.3) is 0 Å². The molecule has 1 aromatic carbocycles. The standard InChI is InChI=1S/C22H27N3O2/c1-18-9-10-19(15-23-18)16-24-13-14-27-22(17-24)11-5-6-12-25(21(22)26)20-7-3-2-4-8-20/h2-4,7-10,15H,5-6,11-14,16-17H2,1H3. The molecular formula is C22H27N3O2. The second-order valence-electron chi connectivity index (χ2n) is 7.61. The Labute approximate surface area is 161 Å². The Morgan fingerprint density at radius 3 is 2.74 bits per heavy atom. The molecule has 2 aliphatic rings. The molecule has 1 atom stereocenters. The van der Waals surface area contributed by atoms with Gasteiger partial charge in [-0.3, -0.25) is 14.7 Å². The van der Waals surface area contributed by atoms with E-state index in [0.29, 0.717) is 13.2 Å². The van der Waals surface area contributed by atoms with Crippen LogP contribution in [0.4, 0.5) is 5.69 Å². The van der Waals surface area contributed by atoms with Gasteiger partial charge in [-0.15, -0.1) is 0 Å². The summed E-state index contributed by atoms with van der Waals surface area (Å²) in [5, 5.41) is 0. The van der Waals surface area contributed by atoms with Crippen molar-refractivity contribution in [3.05, 3.63) is 59.9 Å². The minimum atomic E-state index is -0.733. The number of aryl methyl sites for hydroxylation is 1. The van der Waals surface area contributed by atoms with Crippen molar-refractivity contribution in [2.45, 2.75) is 38.3 Å². The van der Waals surface area contributed by atoms with Gasteiger partial charge in [0.05, 0.1) is 6.61 Å². The number of pyridine rings is 1. The van der Waals surface area contributed by atoms with Crippen molar-refractivity contribution in [1.82, 2.24) is 9.88 Å². The van der Waals surface area contributed by atoms with Crippen molar-refractivity contribution in [1.29, 1.82) is 0 Å². The number of para-hydroxylation sites is 1. The number of amides is 1. The normalized spacial score (nSPS) is 24.2. The second-order valence-corrected chi connectivity index (χ2v) is 7.61. The van der Waals surface area contributed by atoms with Gasteiger partial charge in [-0.1, -0.05) is 24.3 Å². The van der Waals surface area contributed by atoms with Gasteiger partial charge in [-0.05, 0) is 49.9 Å². The van der Waals surface area contributed by atoms with Crippen LogP contribution in [0.1, 0.15) is 30.5 Å². The van der Waals surface area contributed by atoms with Gasteiger partial charge in [-0.2, -0.15) is 0 Å². The lowest BCUT2D eigenvalue weighted by molar-refractivity contribution is -0.158. The molecule has 1 aromatic heterocycles. The van der Waals surface area contributed by atoms with E-state index >= 15 is 0 Å². The number of hydrogen-bond donors (Lipinski definition) is 0. The Hall–Kier alpha value is -2.24. The number of rotatable bonds is 3. The summed E-state index contributed by atoms with van der Waals surface area (Å²) in [4.78, 5) is 22.2. The summed E-state index contributed by atoms with van der Waals surface area (Å²) in [6.45, 7) is 5.63. The summed E-state index contributed by atoms with van der Waals surface area (Å²) >= 11 is 0. The highest BCUT2D eigenvalue weighted by Gasteiger charge is 2.47. The molecule has 2 saturated heterocycles. The van der Waals surface area contributed by atoms with Crippen LogP contribution in [0.15, 0.2) is 48.7 Å². The number of ether oxygens (including phenoxy) is 1. The SMILES string of the molecule is Cc1ccc(CN2CCOC3(CCCCN(c4ccccc4)C3=O)C2)cn1. The monoisotopic (exact) mass is 365 g/mol. The first kappa shape index (κ1) is 18.1. The Balaban J connectivity index is 1.54. The predicted molar refractivity (Wildman–Crippen MR) is 106 cm³/mol. The summed E-state index contributed by atoms with van der Waals surface area (Å²) in [7, 11) is 0. The molecule has 0 radical (unpaired) electrons. The fourth-order valence-corrected chi connectivity index (χ4v) is 4.11.